The molecule has 1 aromatic heterocycles. The molecule has 6 heteroatoms. The fourth-order valence-electron chi connectivity index (χ4n) is 3.12. The van der Waals surface area contributed by atoms with Crippen molar-refractivity contribution in [1.29, 1.82) is 0 Å². The van der Waals surface area contributed by atoms with Crippen molar-refractivity contribution < 1.29 is 9.53 Å². The molecule has 0 aliphatic carbocycles. The molecule has 1 amide bonds. The van der Waals surface area contributed by atoms with Crippen LogP contribution in [0.2, 0.25) is 0 Å². The number of carbonyl (C=O) groups excluding carboxylic acids is 1. The van der Waals surface area contributed by atoms with E-state index in [1.807, 2.05) is 10.6 Å². The van der Waals surface area contributed by atoms with E-state index in [0.717, 1.165) is 35.9 Å². The number of para-hydroxylation sites is 1. The molecular weight excluding hydrogens is 324 g/mol. The van der Waals surface area contributed by atoms with Crippen molar-refractivity contribution in [3.05, 3.63) is 45.7 Å². The van der Waals surface area contributed by atoms with Gasteiger partial charge in [-0.15, -0.1) is 11.8 Å². The summed E-state index contributed by atoms with van der Waals surface area (Å²) in [5, 5.41) is 3.90. The van der Waals surface area contributed by atoms with Gasteiger partial charge in [0.05, 0.1) is 17.9 Å². The van der Waals surface area contributed by atoms with Crippen LogP contribution in [0.4, 0.5) is 0 Å². The van der Waals surface area contributed by atoms with E-state index in [1.54, 1.807) is 7.11 Å². The Morgan fingerprint density at radius 1 is 1.42 bits per heavy atom. The summed E-state index contributed by atoms with van der Waals surface area (Å²) in [6, 6.07) is 8.21. The molecule has 0 saturated carbocycles. The molecule has 0 bridgehead atoms. The average molecular weight is 346 g/mol. The fourth-order valence-corrected chi connectivity index (χ4v) is 3.94. The Labute approximate surface area is 145 Å². The zero-order chi connectivity index (χ0) is 16.9. The summed E-state index contributed by atoms with van der Waals surface area (Å²) in [6.45, 7) is 1.80. The molecule has 0 spiro atoms. The van der Waals surface area contributed by atoms with Crippen LogP contribution >= 0.6 is 11.8 Å². The predicted octanol–water partition coefficient (Wildman–Crippen LogP) is 1.94. The van der Waals surface area contributed by atoms with E-state index in [1.165, 1.54) is 17.3 Å². The van der Waals surface area contributed by atoms with Gasteiger partial charge in [-0.25, -0.2) is 0 Å². The first-order valence-corrected chi connectivity index (χ1v) is 9.34. The molecule has 0 fully saturated rings. The smallest absolute Gasteiger partial charge is 0.255 e. The Morgan fingerprint density at radius 3 is 3.12 bits per heavy atom. The number of nitrogens with one attached hydrogen (secondary N) is 1. The highest BCUT2D eigenvalue weighted by molar-refractivity contribution is 7.99. The molecule has 0 atom stereocenters. The van der Waals surface area contributed by atoms with Crippen molar-refractivity contribution in [2.45, 2.75) is 25.1 Å². The van der Waals surface area contributed by atoms with Gasteiger partial charge >= 0.3 is 0 Å². The average Bonchev–Trinajstić information content (AvgIpc) is 2.59. The SMILES string of the molecule is COCCNC(=O)CSCc1cc2cccc3c2n(c1=O)CCC3. The van der Waals surface area contributed by atoms with Gasteiger partial charge in [0.25, 0.3) is 5.56 Å². The minimum atomic E-state index is -0.0263. The van der Waals surface area contributed by atoms with E-state index >= 15 is 0 Å². The lowest BCUT2D eigenvalue weighted by Gasteiger charge is -2.20. The van der Waals surface area contributed by atoms with Crippen LogP contribution in [0.1, 0.15) is 17.5 Å². The second kappa shape index (κ2) is 7.85. The van der Waals surface area contributed by atoms with Crippen molar-refractivity contribution in [1.82, 2.24) is 9.88 Å². The van der Waals surface area contributed by atoms with Crippen molar-refractivity contribution in [3.63, 3.8) is 0 Å². The van der Waals surface area contributed by atoms with E-state index in [0.29, 0.717) is 24.7 Å². The number of ether oxygens (including phenoxy) is 1. The van der Waals surface area contributed by atoms with Crippen LogP contribution in [-0.4, -0.2) is 36.5 Å². The highest BCUT2D eigenvalue weighted by atomic mass is 32.2. The zero-order valence-corrected chi connectivity index (χ0v) is 14.7. The topological polar surface area (TPSA) is 60.3 Å². The summed E-state index contributed by atoms with van der Waals surface area (Å²) in [7, 11) is 1.60. The summed E-state index contributed by atoms with van der Waals surface area (Å²) in [5.74, 6) is 0.874. The zero-order valence-electron chi connectivity index (χ0n) is 13.8. The van der Waals surface area contributed by atoms with Crippen molar-refractivity contribution in [2.75, 3.05) is 26.0 Å². The number of aryl methyl sites for hydroxylation is 2. The molecule has 3 rings (SSSR count). The molecule has 24 heavy (non-hydrogen) atoms. The molecule has 1 aliphatic heterocycles. The number of carbonyl (C=O) groups is 1. The second-order valence-electron chi connectivity index (χ2n) is 5.92. The Balaban J connectivity index is 1.71. The van der Waals surface area contributed by atoms with Gasteiger partial charge < -0.3 is 14.6 Å². The molecule has 1 aliphatic rings. The monoisotopic (exact) mass is 346 g/mol. The second-order valence-corrected chi connectivity index (χ2v) is 6.91. The van der Waals surface area contributed by atoms with Gasteiger partial charge in [0, 0.05) is 31.5 Å². The van der Waals surface area contributed by atoms with E-state index in [9.17, 15) is 9.59 Å². The lowest BCUT2D eigenvalue weighted by Crippen LogP contribution is -2.29. The number of methoxy groups -OCH3 is 1. The van der Waals surface area contributed by atoms with Gasteiger partial charge in [-0.05, 0) is 29.9 Å². The summed E-state index contributed by atoms with van der Waals surface area (Å²) >= 11 is 1.47. The molecular formula is C18H22N2O3S. The molecule has 0 saturated heterocycles. The third-order valence-corrected chi connectivity index (χ3v) is 5.20. The normalized spacial score (nSPS) is 13.2. The quantitative estimate of drug-likeness (QED) is 0.779. The number of benzene rings is 1. The largest absolute Gasteiger partial charge is 0.383 e. The first kappa shape index (κ1) is 17.0. The maximum atomic E-state index is 12.7. The highest BCUT2D eigenvalue weighted by Crippen LogP contribution is 2.24. The lowest BCUT2D eigenvalue weighted by molar-refractivity contribution is -0.118. The van der Waals surface area contributed by atoms with Gasteiger partial charge in [0.2, 0.25) is 5.91 Å². The number of aromatic nitrogens is 1. The minimum Gasteiger partial charge on any atom is -0.383 e. The number of pyridine rings is 1. The maximum absolute atomic E-state index is 12.7. The molecule has 0 unspecified atom stereocenters. The van der Waals surface area contributed by atoms with Crippen molar-refractivity contribution in [3.8, 4) is 0 Å². The Kier molecular flexibility index (Phi) is 5.58. The van der Waals surface area contributed by atoms with E-state index in [4.69, 9.17) is 4.74 Å². The van der Waals surface area contributed by atoms with Gasteiger partial charge in [0.1, 0.15) is 0 Å². The summed E-state index contributed by atoms with van der Waals surface area (Å²) in [6.07, 6.45) is 2.04. The molecule has 5 nitrogen and oxygen atoms in total. The number of nitrogens with zero attached hydrogens (tertiary/aromatic N) is 1. The number of hydrogen-bond donors (Lipinski definition) is 1. The van der Waals surface area contributed by atoms with E-state index in [-0.39, 0.29) is 11.5 Å². The number of thioether (sulfide) groups is 1. The molecule has 2 heterocycles. The summed E-state index contributed by atoms with van der Waals surface area (Å²) in [4.78, 5) is 24.4. The third kappa shape index (κ3) is 3.65. The fraction of sp³-hybridized carbons (Fsp3) is 0.444. The maximum Gasteiger partial charge on any atom is 0.255 e. The minimum absolute atomic E-state index is 0.0263. The van der Waals surface area contributed by atoms with Crippen LogP contribution < -0.4 is 10.9 Å². The van der Waals surface area contributed by atoms with Crippen LogP contribution in [0, 0.1) is 0 Å². The van der Waals surface area contributed by atoms with E-state index in [2.05, 4.69) is 23.5 Å². The molecule has 1 N–H and O–H groups in total. The van der Waals surface area contributed by atoms with Crippen LogP contribution in [0.5, 0.6) is 0 Å². The van der Waals surface area contributed by atoms with Crippen LogP contribution in [0.3, 0.4) is 0 Å². The molecule has 1 aromatic carbocycles. The third-order valence-electron chi connectivity index (χ3n) is 4.22. The van der Waals surface area contributed by atoms with Crippen molar-refractivity contribution in [2.24, 2.45) is 0 Å². The summed E-state index contributed by atoms with van der Waals surface area (Å²) < 4.78 is 6.80. The van der Waals surface area contributed by atoms with Gasteiger partial charge in [-0.3, -0.25) is 9.59 Å². The van der Waals surface area contributed by atoms with Crippen LogP contribution in [-0.2, 0) is 28.2 Å². The number of hydrogen-bond acceptors (Lipinski definition) is 4. The molecule has 0 radical (unpaired) electrons. The van der Waals surface area contributed by atoms with Crippen molar-refractivity contribution >= 4 is 28.6 Å². The van der Waals surface area contributed by atoms with E-state index < -0.39 is 0 Å². The first-order chi connectivity index (χ1) is 11.7. The first-order valence-electron chi connectivity index (χ1n) is 8.18. The number of amides is 1. The molecule has 128 valence electrons. The Morgan fingerprint density at radius 2 is 2.29 bits per heavy atom. The van der Waals surface area contributed by atoms with Crippen LogP contribution in [0.15, 0.2) is 29.1 Å². The van der Waals surface area contributed by atoms with Gasteiger partial charge in [-0.1, -0.05) is 18.2 Å². The summed E-state index contributed by atoms with van der Waals surface area (Å²) in [5.41, 5.74) is 3.20. The van der Waals surface area contributed by atoms with Crippen LogP contribution in [0.25, 0.3) is 10.9 Å². The van der Waals surface area contributed by atoms with Gasteiger partial charge in [0.15, 0.2) is 0 Å². The standard InChI is InChI=1S/C18H22N2O3S/c1-23-9-7-19-16(21)12-24-11-15-10-14-5-2-4-13-6-3-8-20(17(13)14)18(15)22/h2,4-5,10H,3,6-9,11-12H2,1H3,(H,19,21). The molecule has 2 aromatic rings. The Bertz CT molecular complexity index is 801. The predicted molar refractivity (Wildman–Crippen MR) is 97.6 cm³/mol. The Hall–Kier alpha value is -1.79. The lowest BCUT2D eigenvalue weighted by atomic mass is 10.0. The highest BCUT2D eigenvalue weighted by Gasteiger charge is 2.16. The number of rotatable bonds is 7. The van der Waals surface area contributed by atoms with Gasteiger partial charge in [-0.2, -0.15) is 0 Å².